The van der Waals surface area contributed by atoms with Crippen LogP contribution in [0.25, 0.3) is 16.9 Å². The third-order valence-electron chi connectivity index (χ3n) is 6.52. The summed E-state index contributed by atoms with van der Waals surface area (Å²) in [4.78, 5) is 33.8. The first-order valence-corrected chi connectivity index (χ1v) is 12.2. The van der Waals surface area contributed by atoms with E-state index in [1.54, 1.807) is 22.4 Å². The van der Waals surface area contributed by atoms with E-state index in [1.807, 2.05) is 72.8 Å². The molecule has 2 N–H and O–H groups in total. The number of imidazole rings is 1. The van der Waals surface area contributed by atoms with Crippen molar-refractivity contribution >= 4 is 23.1 Å². The van der Waals surface area contributed by atoms with Gasteiger partial charge in [-0.2, -0.15) is 5.26 Å². The van der Waals surface area contributed by atoms with Gasteiger partial charge in [0.2, 0.25) is 0 Å². The third kappa shape index (κ3) is 4.67. The van der Waals surface area contributed by atoms with Crippen LogP contribution in [0, 0.1) is 11.3 Å². The Morgan fingerprint density at radius 2 is 1.66 bits per heavy atom. The molecule has 1 aliphatic heterocycles. The van der Waals surface area contributed by atoms with Crippen LogP contribution in [-0.4, -0.2) is 52.3 Å². The Labute approximate surface area is 220 Å². The molecule has 0 spiro atoms. The zero-order valence-corrected chi connectivity index (χ0v) is 20.9. The molecule has 0 bridgehead atoms. The smallest absolute Gasteiger partial charge is 0.268 e. The minimum atomic E-state index is -0.583. The van der Waals surface area contributed by atoms with Crippen LogP contribution in [0.15, 0.2) is 84.6 Å². The lowest BCUT2D eigenvalue weighted by Gasteiger charge is -2.36. The fourth-order valence-electron chi connectivity index (χ4n) is 4.60. The molecule has 0 atom stereocenters. The quantitative estimate of drug-likeness (QED) is 0.312. The summed E-state index contributed by atoms with van der Waals surface area (Å²) in [6, 6.07) is 22.6. The van der Waals surface area contributed by atoms with Crippen molar-refractivity contribution < 1.29 is 14.3 Å². The number of allylic oxidation sites excluding steroid dienone is 1. The summed E-state index contributed by atoms with van der Waals surface area (Å²) >= 11 is 0. The molecule has 9 nitrogen and oxygen atoms in total. The van der Waals surface area contributed by atoms with E-state index in [-0.39, 0.29) is 11.5 Å². The molecule has 0 saturated carbocycles. The van der Waals surface area contributed by atoms with Gasteiger partial charge in [0.05, 0.1) is 5.69 Å². The van der Waals surface area contributed by atoms with Crippen molar-refractivity contribution in [2.24, 2.45) is 5.73 Å². The SMILES string of the molecule is C/C=C(\C#N)C(=O)N1CCN(c2cccn3c(C(N)=O)c(-c4ccc(Oc5ccccc5)cc4)nc23)CC1. The second kappa shape index (κ2) is 10.5. The van der Waals surface area contributed by atoms with Crippen molar-refractivity contribution in [3.63, 3.8) is 0 Å². The van der Waals surface area contributed by atoms with Crippen LogP contribution < -0.4 is 15.4 Å². The molecule has 1 aliphatic rings. The number of benzene rings is 2. The predicted octanol–water partition coefficient (Wildman–Crippen LogP) is 4.01. The van der Waals surface area contributed by atoms with Gasteiger partial charge in [-0.25, -0.2) is 4.98 Å². The Kier molecular flexibility index (Phi) is 6.78. The summed E-state index contributed by atoms with van der Waals surface area (Å²) in [5.41, 5.74) is 8.91. The molecule has 1 saturated heterocycles. The number of carbonyl (C=O) groups excluding carboxylic acids is 2. The van der Waals surface area contributed by atoms with Crippen molar-refractivity contribution in [3.05, 3.63) is 90.3 Å². The summed E-state index contributed by atoms with van der Waals surface area (Å²) in [7, 11) is 0. The number of primary amides is 1. The van der Waals surface area contributed by atoms with Gasteiger partial charge >= 0.3 is 0 Å². The Bertz CT molecular complexity index is 1560. The highest BCUT2D eigenvalue weighted by Crippen LogP contribution is 2.31. The number of ether oxygens (including phenoxy) is 1. The summed E-state index contributed by atoms with van der Waals surface area (Å²) < 4.78 is 7.60. The van der Waals surface area contributed by atoms with Gasteiger partial charge in [0.25, 0.3) is 11.8 Å². The van der Waals surface area contributed by atoms with Gasteiger partial charge in [-0.3, -0.25) is 14.0 Å². The highest BCUT2D eigenvalue weighted by atomic mass is 16.5. The maximum atomic E-state index is 12.6. The van der Waals surface area contributed by atoms with Crippen LogP contribution >= 0.6 is 0 Å². The molecule has 5 rings (SSSR count). The van der Waals surface area contributed by atoms with Crippen molar-refractivity contribution in [1.82, 2.24) is 14.3 Å². The minimum Gasteiger partial charge on any atom is -0.457 e. The van der Waals surface area contributed by atoms with Gasteiger partial charge < -0.3 is 20.3 Å². The second-order valence-electron chi connectivity index (χ2n) is 8.79. The number of piperazine rings is 1. The van der Waals surface area contributed by atoms with Crippen LogP contribution in [0.4, 0.5) is 5.69 Å². The summed E-state index contributed by atoms with van der Waals surface area (Å²) in [6.45, 7) is 3.75. The number of nitriles is 1. The Morgan fingerprint density at radius 3 is 2.29 bits per heavy atom. The van der Waals surface area contributed by atoms with Crippen molar-refractivity contribution in [2.45, 2.75) is 6.92 Å². The average Bonchev–Trinajstić information content (AvgIpc) is 3.35. The first-order valence-electron chi connectivity index (χ1n) is 12.2. The number of rotatable bonds is 6. The number of para-hydroxylation sites is 1. The topological polar surface area (TPSA) is 117 Å². The monoisotopic (exact) mass is 506 g/mol. The minimum absolute atomic E-state index is 0.143. The van der Waals surface area contributed by atoms with Gasteiger partial charge in [-0.1, -0.05) is 24.3 Å². The fraction of sp³-hybridized carbons (Fsp3) is 0.172. The van der Waals surface area contributed by atoms with E-state index < -0.39 is 5.91 Å². The first-order chi connectivity index (χ1) is 18.5. The number of hydrogen-bond donors (Lipinski definition) is 1. The number of nitrogens with two attached hydrogens (primary N) is 1. The molecule has 38 heavy (non-hydrogen) atoms. The number of nitrogens with zero attached hydrogens (tertiary/aromatic N) is 5. The van der Waals surface area contributed by atoms with E-state index in [9.17, 15) is 14.9 Å². The molecule has 9 heteroatoms. The molecule has 2 aromatic carbocycles. The molecule has 190 valence electrons. The number of amides is 2. The molecule has 0 unspecified atom stereocenters. The zero-order chi connectivity index (χ0) is 26.6. The number of pyridine rings is 1. The van der Waals surface area contributed by atoms with E-state index in [0.29, 0.717) is 49.0 Å². The maximum Gasteiger partial charge on any atom is 0.268 e. The number of carbonyl (C=O) groups is 2. The highest BCUT2D eigenvalue weighted by Gasteiger charge is 2.26. The number of aromatic nitrogens is 2. The molecule has 0 radical (unpaired) electrons. The first kappa shape index (κ1) is 24.6. The Morgan fingerprint density at radius 1 is 0.974 bits per heavy atom. The lowest BCUT2D eigenvalue weighted by Crippen LogP contribution is -2.49. The molecule has 4 aromatic rings. The van der Waals surface area contributed by atoms with Crippen molar-refractivity contribution in [1.29, 1.82) is 5.26 Å². The standard InChI is InChI=1S/C29H26N6O3/c1-2-20(19-30)29(37)34-17-15-33(16-18-34)24-9-6-14-35-26(27(31)36)25(32-28(24)35)21-10-12-23(13-11-21)38-22-7-4-3-5-8-22/h2-14H,15-18H2,1H3,(H2,31,36)/b20-2+. The molecule has 2 aromatic heterocycles. The summed E-state index contributed by atoms with van der Waals surface area (Å²) in [5.74, 6) is 0.549. The number of anilines is 1. The van der Waals surface area contributed by atoms with E-state index in [1.165, 1.54) is 6.08 Å². The van der Waals surface area contributed by atoms with Crippen LogP contribution in [0.3, 0.4) is 0 Å². The van der Waals surface area contributed by atoms with Gasteiger partial charge in [0.15, 0.2) is 5.65 Å². The number of fused-ring (bicyclic) bond motifs is 1. The van der Waals surface area contributed by atoms with Gasteiger partial charge in [-0.05, 0) is 55.5 Å². The van der Waals surface area contributed by atoms with E-state index in [2.05, 4.69) is 4.90 Å². The molecule has 2 amide bonds. The van der Waals surface area contributed by atoms with Crippen molar-refractivity contribution in [2.75, 3.05) is 31.1 Å². The summed E-state index contributed by atoms with van der Waals surface area (Å²) in [6.07, 6.45) is 3.31. The van der Waals surface area contributed by atoms with Crippen LogP contribution in [0.1, 0.15) is 17.4 Å². The molecule has 1 fully saturated rings. The average molecular weight is 507 g/mol. The normalized spacial score (nSPS) is 13.8. The molecular formula is C29H26N6O3. The van der Waals surface area contributed by atoms with Crippen LogP contribution in [0.2, 0.25) is 0 Å². The lowest BCUT2D eigenvalue weighted by atomic mass is 10.1. The highest BCUT2D eigenvalue weighted by molar-refractivity contribution is 6.00. The van der Waals surface area contributed by atoms with E-state index >= 15 is 0 Å². The molecule has 0 aliphatic carbocycles. The number of hydrogen-bond acceptors (Lipinski definition) is 6. The summed E-state index contributed by atoms with van der Waals surface area (Å²) in [5, 5.41) is 9.19. The Hall–Kier alpha value is -5.10. The molecular weight excluding hydrogens is 480 g/mol. The van der Waals surface area contributed by atoms with Crippen LogP contribution in [0.5, 0.6) is 11.5 Å². The third-order valence-corrected chi connectivity index (χ3v) is 6.52. The largest absolute Gasteiger partial charge is 0.457 e. The van der Waals surface area contributed by atoms with Crippen LogP contribution in [-0.2, 0) is 4.79 Å². The lowest BCUT2D eigenvalue weighted by molar-refractivity contribution is -0.127. The van der Waals surface area contributed by atoms with Gasteiger partial charge in [0, 0.05) is 37.9 Å². The van der Waals surface area contributed by atoms with Crippen molar-refractivity contribution in [3.8, 4) is 28.8 Å². The maximum absolute atomic E-state index is 12.6. The van der Waals surface area contributed by atoms with Gasteiger partial charge in [-0.15, -0.1) is 0 Å². The zero-order valence-electron chi connectivity index (χ0n) is 20.9. The molecule has 3 heterocycles. The van der Waals surface area contributed by atoms with Gasteiger partial charge in [0.1, 0.15) is 34.5 Å². The van der Waals surface area contributed by atoms with E-state index in [4.69, 9.17) is 15.5 Å². The Balaban J connectivity index is 1.43. The predicted molar refractivity (Wildman–Crippen MR) is 144 cm³/mol. The fourth-order valence-corrected chi connectivity index (χ4v) is 4.60. The second-order valence-corrected chi connectivity index (χ2v) is 8.79. The van der Waals surface area contributed by atoms with E-state index in [0.717, 1.165) is 17.0 Å².